The number of β-amino-alcohol motifs (C(OH)–C–C–N with tert-alkyl or cyclic N) is 2. The van der Waals surface area contributed by atoms with Gasteiger partial charge in [0, 0.05) is 13.1 Å². The van der Waals surface area contributed by atoms with E-state index in [4.69, 9.17) is 16.1 Å². The molecule has 1 aliphatic rings. The lowest BCUT2D eigenvalue weighted by molar-refractivity contribution is 0.0572. The van der Waals surface area contributed by atoms with Crippen molar-refractivity contribution in [2.75, 3.05) is 13.1 Å². The predicted octanol–water partition coefficient (Wildman–Crippen LogP) is -2.10. The summed E-state index contributed by atoms with van der Waals surface area (Å²) >= 11 is 0. The summed E-state index contributed by atoms with van der Waals surface area (Å²) in [6.07, 6.45) is -1.31. The lowest BCUT2D eigenvalue weighted by Crippen LogP contribution is -2.29. The molecule has 0 bridgehead atoms. The van der Waals surface area contributed by atoms with Crippen molar-refractivity contribution in [3.05, 3.63) is 0 Å². The molecule has 0 spiro atoms. The summed E-state index contributed by atoms with van der Waals surface area (Å²) in [7, 11) is 0. The molecule has 0 radical (unpaired) electrons. The molecule has 1 aliphatic heterocycles. The van der Waals surface area contributed by atoms with Crippen LogP contribution in [0.3, 0.4) is 0 Å². The van der Waals surface area contributed by atoms with Gasteiger partial charge in [-0.3, -0.25) is 5.84 Å². The maximum Gasteiger partial charge on any atom is 0.0952 e. The molecule has 0 aromatic heterocycles. The highest BCUT2D eigenvalue weighted by molar-refractivity contribution is 4.79. The summed E-state index contributed by atoms with van der Waals surface area (Å²) in [6, 6.07) is 0. The van der Waals surface area contributed by atoms with Crippen molar-refractivity contribution in [3.63, 3.8) is 0 Å². The van der Waals surface area contributed by atoms with E-state index in [0.717, 1.165) is 0 Å². The van der Waals surface area contributed by atoms with Gasteiger partial charge in [0.05, 0.1) is 12.2 Å². The Morgan fingerprint density at radius 2 is 1.62 bits per heavy atom. The molecular formula is C4H10N2O2. The number of hydrazine groups is 1. The molecule has 4 heteroatoms. The van der Waals surface area contributed by atoms with Crippen molar-refractivity contribution < 1.29 is 10.2 Å². The second kappa shape index (κ2) is 1.99. The zero-order chi connectivity index (χ0) is 6.15. The first-order valence-corrected chi connectivity index (χ1v) is 2.56. The number of aliphatic hydroxyl groups is 2. The van der Waals surface area contributed by atoms with Gasteiger partial charge in [0.25, 0.3) is 0 Å². The Morgan fingerprint density at radius 1 is 1.25 bits per heavy atom. The van der Waals surface area contributed by atoms with Crippen LogP contribution in [0.2, 0.25) is 0 Å². The van der Waals surface area contributed by atoms with Crippen LogP contribution in [-0.4, -0.2) is 40.5 Å². The van der Waals surface area contributed by atoms with Crippen molar-refractivity contribution in [2.24, 2.45) is 5.84 Å². The van der Waals surface area contributed by atoms with Crippen molar-refractivity contribution in [1.82, 2.24) is 5.01 Å². The van der Waals surface area contributed by atoms with E-state index in [2.05, 4.69) is 0 Å². The van der Waals surface area contributed by atoms with Crippen molar-refractivity contribution in [1.29, 1.82) is 0 Å². The molecule has 0 aromatic rings. The monoisotopic (exact) mass is 118 g/mol. The van der Waals surface area contributed by atoms with Crippen LogP contribution < -0.4 is 5.84 Å². The van der Waals surface area contributed by atoms with Crippen LogP contribution in [0, 0.1) is 0 Å². The Labute approximate surface area is 47.5 Å². The summed E-state index contributed by atoms with van der Waals surface area (Å²) in [5.74, 6) is 5.23. The first-order valence-electron chi connectivity index (χ1n) is 2.56. The maximum atomic E-state index is 8.80. The molecule has 0 aliphatic carbocycles. The maximum absolute atomic E-state index is 8.80. The molecule has 8 heavy (non-hydrogen) atoms. The van der Waals surface area contributed by atoms with E-state index in [0.29, 0.717) is 13.1 Å². The van der Waals surface area contributed by atoms with Gasteiger partial charge in [-0.2, -0.15) is 0 Å². The number of nitrogens with two attached hydrogens (primary N) is 1. The van der Waals surface area contributed by atoms with Gasteiger partial charge in [-0.15, -0.1) is 0 Å². The normalized spacial score (nSPS) is 40.9. The van der Waals surface area contributed by atoms with Gasteiger partial charge in [-0.05, 0) is 0 Å². The van der Waals surface area contributed by atoms with Crippen molar-refractivity contribution in [3.8, 4) is 0 Å². The molecule has 0 aromatic carbocycles. The summed E-state index contributed by atoms with van der Waals surface area (Å²) in [4.78, 5) is 0. The zero-order valence-electron chi connectivity index (χ0n) is 4.49. The molecule has 1 heterocycles. The molecular weight excluding hydrogens is 108 g/mol. The van der Waals surface area contributed by atoms with Crippen molar-refractivity contribution >= 4 is 0 Å². The van der Waals surface area contributed by atoms with Gasteiger partial charge >= 0.3 is 0 Å². The van der Waals surface area contributed by atoms with Gasteiger partial charge in [0.1, 0.15) is 0 Å². The molecule has 1 saturated heterocycles. The lowest BCUT2D eigenvalue weighted by Gasteiger charge is -2.02. The molecule has 0 amide bonds. The van der Waals surface area contributed by atoms with E-state index < -0.39 is 12.2 Å². The van der Waals surface area contributed by atoms with Gasteiger partial charge in [0.2, 0.25) is 0 Å². The molecule has 4 N–H and O–H groups in total. The third kappa shape index (κ3) is 0.976. The van der Waals surface area contributed by atoms with E-state index in [1.807, 2.05) is 0 Å². The van der Waals surface area contributed by atoms with Crippen LogP contribution in [-0.2, 0) is 0 Å². The van der Waals surface area contributed by atoms with Crippen LogP contribution >= 0.6 is 0 Å². The molecule has 1 rings (SSSR count). The summed E-state index contributed by atoms with van der Waals surface area (Å²) in [5.41, 5.74) is 0. The smallest absolute Gasteiger partial charge is 0.0952 e. The van der Waals surface area contributed by atoms with E-state index in [1.54, 1.807) is 0 Å². The van der Waals surface area contributed by atoms with E-state index in [-0.39, 0.29) is 0 Å². The van der Waals surface area contributed by atoms with Gasteiger partial charge in [-0.25, -0.2) is 5.01 Å². The highest BCUT2D eigenvalue weighted by atomic mass is 16.3. The molecule has 0 saturated carbocycles. The lowest BCUT2D eigenvalue weighted by atomic mass is 10.3. The Balaban J connectivity index is 2.39. The minimum atomic E-state index is -0.653. The highest BCUT2D eigenvalue weighted by Gasteiger charge is 2.26. The van der Waals surface area contributed by atoms with Crippen LogP contribution in [0.5, 0.6) is 0 Å². The van der Waals surface area contributed by atoms with Gasteiger partial charge in [-0.1, -0.05) is 0 Å². The third-order valence-corrected chi connectivity index (χ3v) is 1.29. The average molecular weight is 118 g/mol. The number of aliphatic hydroxyl groups excluding tert-OH is 2. The SMILES string of the molecule is NN1C[C@@H](O)[C@H](O)C1. The summed E-state index contributed by atoms with van der Waals surface area (Å²) in [5, 5.41) is 19.0. The third-order valence-electron chi connectivity index (χ3n) is 1.29. The number of nitrogens with zero attached hydrogens (tertiary/aromatic N) is 1. The minimum Gasteiger partial charge on any atom is -0.389 e. The zero-order valence-corrected chi connectivity index (χ0v) is 4.49. The minimum absolute atomic E-state index is 0.376. The van der Waals surface area contributed by atoms with Crippen LogP contribution in [0.4, 0.5) is 0 Å². The van der Waals surface area contributed by atoms with Crippen LogP contribution in [0.15, 0.2) is 0 Å². The number of rotatable bonds is 0. The predicted molar refractivity (Wildman–Crippen MR) is 27.8 cm³/mol. The molecule has 48 valence electrons. The van der Waals surface area contributed by atoms with Crippen LogP contribution in [0.1, 0.15) is 0 Å². The fraction of sp³-hybridized carbons (Fsp3) is 1.00. The number of hydrogen-bond acceptors (Lipinski definition) is 4. The Hall–Kier alpha value is -0.160. The Bertz CT molecular complexity index is 78.1. The van der Waals surface area contributed by atoms with Gasteiger partial charge in [0.15, 0.2) is 0 Å². The largest absolute Gasteiger partial charge is 0.389 e. The fourth-order valence-electron chi connectivity index (χ4n) is 0.798. The molecule has 0 unspecified atom stereocenters. The topological polar surface area (TPSA) is 69.7 Å². The number of hydrogen-bond donors (Lipinski definition) is 3. The quantitative estimate of drug-likeness (QED) is 0.319. The first kappa shape index (κ1) is 5.97. The van der Waals surface area contributed by atoms with E-state index in [1.165, 1.54) is 5.01 Å². The van der Waals surface area contributed by atoms with Gasteiger partial charge < -0.3 is 10.2 Å². The van der Waals surface area contributed by atoms with Crippen molar-refractivity contribution in [2.45, 2.75) is 12.2 Å². The van der Waals surface area contributed by atoms with E-state index in [9.17, 15) is 0 Å². The fourth-order valence-corrected chi connectivity index (χ4v) is 0.798. The summed E-state index contributed by atoms with van der Waals surface area (Å²) in [6.45, 7) is 0.752. The second-order valence-corrected chi connectivity index (χ2v) is 2.09. The van der Waals surface area contributed by atoms with Crippen LogP contribution in [0.25, 0.3) is 0 Å². The Morgan fingerprint density at radius 3 is 1.75 bits per heavy atom. The standard InChI is InChI=1S/C4H10N2O2/c5-6-1-3(7)4(8)2-6/h3-4,7-8H,1-2,5H2/t3-,4-/m1/s1. The molecule has 2 atom stereocenters. The summed E-state index contributed by atoms with van der Waals surface area (Å²) < 4.78 is 0. The average Bonchev–Trinajstić information content (AvgIpc) is 1.85. The Kier molecular flexibility index (Phi) is 1.48. The second-order valence-electron chi connectivity index (χ2n) is 2.09. The first-order chi connectivity index (χ1) is 3.70. The molecule has 4 nitrogen and oxygen atoms in total. The molecule has 1 fully saturated rings. The van der Waals surface area contributed by atoms with E-state index >= 15 is 0 Å². The highest BCUT2D eigenvalue weighted by Crippen LogP contribution is 2.03.